The van der Waals surface area contributed by atoms with Gasteiger partial charge in [0.2, 0.25) is 0 Å². The molecule has 2 saturated heterocycles. The Bertz CT molecular complexity index is 872. The summed E-state index contributed by atoms with van der Waals surface area (Å²) in [5.74, 6) is 0.497. The first-order valence-electron chi connectivity index (χ1n) is 9.00. The molecular weight excluding hydrogens is 348 g/mol. The zero-order valence-electron chi connectivity index (χ0n) is 15.0. The molecule has 0 aliphatic carbocycles. The van der Waals surface area contributed by atoms with Crippen molar-refractivity contribution in [3.63, 3.8) is 0 Å². The molecule has 2 aromatic heterocycles. The minimum atomic E-state index is -3.00. The summed E-state index contributed by atoms with van der Waals surface area (Å²) in [5, 5.41) is 0. The van der Waals surface area contributed by atoms with Crippen molar-refractivity contribution < 1.29 is 8.42 Å². The molecule has 0 saturated carbocycles. The third-order valence-corrected chi connectivity index (χ3v) is 7.05. The van der Waals surface area contributed by atoms with E-state index in [1.54, 1.807) is 12.4 Å². The Morgan fingerprint density at radius 1 is 1.00 bits per heavy atom. The van der Waals surface area contributed by atoms with Crippen LogP contribution in [0.1, 0.15) is 17.0 Å². The van der Waals surface area contributed by atoms with E-state index in [1.165, 1.54) is 5.56 Å². The van der Waals surface area contributed by atoms with Crippen molar-refractivity contribution in [3.8, 4) is 0 Å². The summed E-state index contributed by atoms with van der Waals surface area (Å²) >= 11 is 0. The number of rotatable bonds is 4. The van der Waals surface area contributed by atoms with E-state index in [1.807, 2.05) is 37.3 Å². The lowest BCUT2D eigenvalue weighted by molar-refractivity contribution is 0.0347. The van der Waals surface area contributed by atoms with E-state index in [0.29, 0.717) is 6.54 Å². The second-order valence-corrected chi connectivity index (χ2v) is 9.43. The van der Waals surface area contributed by atoms with E-state index < -0.39 is 9.84 Å². The minimum Gasteiger partial charge on any atom is -0.292 e. The van der Waals surface area contributed by atoms with Gasteiger partial charge in [0, 0.05) is 56.4 Å². The number of sulfone groups is 1. The van der Waals surface area contributed by atoms with Crippen LogP contribution in [0, 0.1) is 6.92 Å². The molecule has 2 atom stereocenters. The first kappa shape index (κ1) is 17.6. The highest BCUT2D eigenvalue weighted by atomic mass is 32.2. The Labute approximate surface area is 154 Å². The lowest BCUT2D eigenvalue weighted by Gasteiger charge is -2.43. The van der Waals surface area contributed by atoms with Crippen LogP contribution in [0.25, 0.3) is 0 Å². The summed E-state index contributed by atoms with van der Waals surface area (Å²) in [4.78, 5) is 13.3. The van der Waals surface area contributed by atoms with Crippen molar-refractivity contribution in [2.75, 3.05) is 24.6 Å². The van der Waals surface area contributed by atoms with Crippen molar-refractivity contribution in [3.05, 3.63) is 59.7 Å². The average Bonchev–Trinajstić information content (AvgIpc) is 2.94. The fourth-order valence-corrected chi connectivity index (χ4v) is 6.15. The fourth-order valence-electron chi connectivity index (χ4n) is 4.11. The van der Waals surface area contributed by atoms with Crippen molar-refractivity contribution in [1.29, 1.82) is 0 Å². The smallest absolute Gasteiger partial charge is 0.153 e. The molecule has 7 heteroatoms. The number of aryl methyl sites for hydroxylation is 1. The highest BCUT2D eigenvalue weighted by Crippen LogP contribution is 2.29. The predicted octanol–water partition coefficient (Wildman–Crippen LogP) is 1.27. The minimum absolute atomic E-state index is 0.0397. The van der Waals surface area contributed by atoms with Crippen LogP contribution in [0.15, 0.2) is 42.7 Å². The molecule has 0 aromatic carbocycles. The molecule has 2 aliphatic heterocycles. The highest BCUT2D eigenvalue weighted by Gasteiger charge is 2.46. The van der Waals surface area contributed by atoms with Crippen molar-refractivity contribution in [2.45, 2.75) is 32.1 Å². The van der Waals surface area contributed by atoms with Crippen LogP contribution in [0.5, 0.6) is 0 Å². The summed E-state index contributed by atoms with van der Waals surface area (Å²) in [6, 6.07) is 10.1. The molecule has 2 aromatic rings. The molecule has 4 rings (SSSR count). The Balaban J connectivity index is 1.54. The first-order valence-corrected chi connectivity index (χ1v) is 10.8. The maximum Gasteiger partial charge on any atom is 0.153 e. The van der Waals surface area contributed by atoms with Crippen molar-refractivity contribution >= 4 is 9.84 Å². The third kappa shape index (κ3) is 3.79. The monoisotopic (exact) mass is 372 g/mol. The number of nitrogens with zero attached hydrogens (tertiary/aromatic N) is 4. The van der Waals surface area contributed by atoms with E-state index >= 15 is 0 Å². The topological polar surface area (TPSA) is 66.4 Å². The van der Waals surface area contributed by atoms with Gasteiger partial charge in [0.1, 0.15) is 0 Å². The predicted molar refractivity (Wildman–Crippen MR) is 100 cm³/mol. The second-order valence-electron chi connectivity index (χ2n) is 7.28. The van der Waals surface area contributed by atoms with Gasteiger partial charge in [-0.15, -0.1) is 0 Å². The first-order chi connectivity index (χ1) is 12.5. The Morgan fingerprint density at radius 2 is 1.65 bits per heavy atom. The van der Waals surface area contributed by atoms with E-state index in [0.717, 1.165) is 31.0 Å². The molecule has 4 heterocycles. The zero-order valence-corrected chi connectivity index (χ0v) is 15.8. The molecular formula is C19H24N4O2S. The summed E-state index contributed by atoms with van der Waals surface area (Å²) in [7, 11) is -3.00. The molecule has 2 aliphatic rings. The molecule has 0 spiro atoms. The van der Waals surface area contributed by atoms with Crippen LogP contribution in [-0.4, -0.2) is 64.9 Å². The number of fused-ring (bicyclic) bond motifs is 1. The van der Waals surface area contributed by atoms with Crippen LogP contribution in [0.2, 0.25) is 0 Å². The van der Waals surface area contributed by atoms with Gasteiger partial charge >= 0.3 is 0 Å². The largest absolute Gasteiger partial charge is 0.292 e. The van der Waals surface area contributed by atoms with Gasteiger partial charge in [0.05, 0.1) is 17.2 Å². The van der Waals surface area contributed by atoms with Crippen molar-refractivity contribution in [1.82, 2.24) is 19.8 Å². The molecule has 6 nitrogen and oxygen atoms in total. The lowest BCUT2D eigenvalue weighted by atomic mass is 10.0. The number of hydrogen-bond acceptors (Lipinski definition) is 6. The third-order valence-electron chi connectivity index (χ3n) is 5.35. The van der Waals surface area contributed by atoms with E-state index in [2.05, 4.69) is 19.8 Å². The van der Waals surface area contributed by atoms with Gasteiger partial charge in [-0.05, 0) is 36.8 Å². The molecule has 0 amide bonds. The van der Waals surface area contributed by atoms with Crippen LogP contribution < -0.4 is 0 Å². The maximum atomic E-state index is 12.4. The number of hydrogen-bond donors (Lipinski definition) is 0. The van der Waals surface area contributed by atoms with Gasteiger partial charge in [0.15, 0.2) is 9.84 Å². The van der Waals surface area contributed by atoms with Crippen LogP contribution in [-0.2, 0) is 22.9 Å². The average molecular weight is 372 g/mol. The number of aromatic nitrogens is 2. The maximum absolute atomic E-state index is 12.4. The highest BCUT2D eigenvalue weighted by molar-refractivity contribution is 7.91. The standard InChI is InChI=1S/C19H24N4O2S/c1-15-3-2-4-17(21-15)12-23-10-9-22(11-16-5-7-20-8-6-16)18-13-26(24,25)14-19(18)23/h2-8,18-19H,9-14H2,1H3/t18-,19+/m1/s1. The van der Waals surface area contributed by atoms with Gasteiger partial charge in [0.25, 0.3) is 0 Å². The Kier molecular flexibility index (Phi) is 4.77. The van der Waals surface area contributed by atoms with Gasteiger partial charge < -0.3 is 0 Å². The van der Waals surface area contributed by atoms with E-state index in [9.17, 15) is 8.42 Å². The molecule has 2 fully saturated rings. The lowest BCUT2D eigenvalue weighted by Crippen LogP contribution is -2.58. The summed E-state index contributed by atoms with van der Waals surface area (Å²) in [6.45, 7) is 5.19. The van der Waals surface area contributed by atoms with E-state index in [-0.39, 0.29) is 23.6 Å². The summed E-state index contributed by atoms with van der Waals surface area (Å²) < 4.78 is 24.7. The van der Waals surface area contributed by atoms with Gasteiger partial charge in [-0.1, -0.05) is 6.07 Å². The van der Waals surface area contributed by atoms with Crippen LogP contribution in [0.3, 0.4) is 0 Å². The Hall–Kier alpha value is -1.83. The molecule has 0 bridgehead atoms. The van der Waals surface area contributed by atoms with E-state index in [4.69, 9.17) is 0 Å². The molecule has 0 unspecified atom stereocenters. The van der Waals surface area contributed by atoms with Gasteiger partial charge in [-0.3, -0.25) is 19.8 Å². The molecule has 0 radical (unpaired) electrons. The number of pyridine rings is 2. The van der Waals surface area contributed by atoms with Crippen molar-refractivity contribution in [2.24, 2.45) is 0 Å². The molecule has 138 valence electrons. The van der Waals surface area contributed by atoms with Gasteiger partial charge in [-0.2, -0.15) is 0 Å². The number of piperazine rings is 1. The van der Waals surface area contributed by atoms with Crippen LogP contribution >= 0.6 is 0 Å². The van der Waals surface area contributed by atoms with Gasteiger partial charge in [-0.25, -0.2) is 8.42 Å². The molecule has 26 heavy (non-hydrogen) atoms. The zero-order chi connectivity index (χ0) is 18.1. The SMILES string of the molecule is Cc1cccc(CN2CCN(Cc3ccncc3)[C@@H]3CS(=O)(=O)C[C@@H]32)n1. The normalized spacial score (nSPS) is 25.9. The fraction of sp³-hybridized carbons (Fsp3) is 0.474. The summed E-state index contributed by atoms with van der Waals surface area (Å²) in [5.41, 5.74) is 3.18. The molecule has 0 N–H and O–H groups in total. The summed E-state index contributed by atoms with van der Waals surface area (Å²) in [6.07, 6.45) is 3.58. The second kappa shape index (κ2) is 7.06. The Morgan fingerprint density at radius 3 is 2.31 bits per heavy atom. The van der Waals surface area contributed by atoms with Crippen LogP contribution in [0.4, 0.5) is 0 Å². The quantitative estimate of drug-likeness (QED) is 0.805.